The van der Waals surface area contributed by atoms with Crippen molar-refractivity contribution >= 4 is 29.3 Å². The maximum Gasteiger partial charge on any atom is 0.262 e. The van der Waals surface area contributed by atoms with Gasteiger partial charge in [-0.2, -0.15) is 0 Å². The van der Waals surface area contributed by atoms with E-state index in [1.807, 2.05) is 38.1 Å². The summed E-state index contributed by atoms with van der Waals surface area (Å²) < 4.78 is 11.0. The molecule has 23 heavy (non-hydrogen) atoms. The van der Waals surface area contributed by atoms with E-state index in [4.69, 9.17) is 9.47 Å². The molecule has 0 radical (unpaired) electrons. The van der Waals surface area contributed by atoms with Crippen LogP contribution in [0.25, 0.3) is 0 Å². The van der Waals surface area contributed by atoms with Crippen molar-refractivity contribution in [1.82, 2.24) is 5.32 Å². The zero-order valence-corrected chi connectivity index (χ0v) is 13.7. The van der Waals surface area contributed by atoms with Gasteiger partial charge in [0.05, 0.1) is 17.2 Å². The van der Waals surface area contributed by atoms with Crippen LogP contribution in [-0.4, -0.2) is 36.9 Å². The highest BCUT2D eigenvalue weighted by atomic mass is 32.2. The van der Waals surface area contributed by atoms with Crippen LogP contribution in [0.5, 0.6) is 0 Å². The van der Waals surface area contributed by atoms with Gasteiger partial charge in [-0.15, -0.1) is 0 Å². The smallest absolute Gasteiger partial charge is 0.262 e. The minimum atomic E-state index is -0.614. The molecule has 1 fully saturated rings. The molecule has 2 N–H and O–H groups in total. The topological polar surface area (TPSA) is 76.7 Å². The van der Waals surface area contributed by atoms with Gasteiger partial charge in [0.1, 0.15) is 6.10 Å². The average Bonchev–Trinajstić information content (AvgIpc) is 2.85. The van der Waals surface area contributed by atoms with E-state index >= 15 is 0 Å². The van der Waals surface area contributed by atoms with E-state index in [1.54, 1.807) is 0 Å². The Bertz CT molecular complexity index is 672. The first kappa shape index (κ1) is 16.0. The summed E-state index contributed by atoms with van der Waals surface area (Å²) in [6.07, 6.45) is 1.14. The molecule has 7 heteroatoms. The van der Waals surface area contributed by atoms with Gasteiger partial charge in [-0.1, -0.05) is 23.9 Å². The fourth-order valence-corrected chi connectivity index (χ4v) is 3.27. The Balaban J connectivity index is 1.59. The van der Waals surface area contributed by atoms with Gasteiger partial charge in [0.15, 0.2) is 5.79 Å². The van der Waals surface area contributed by atoms with Crippen molar-refractivity contribution in [3.8, 4) is 0 Å². The van der Waals surface area contributed by atoms with Crippen molar-refractivity contribution in [3.63, 3.8) is 0 Å². The lowest BCUT2D eigenvalue weighted by atomic mass is 10.3. The molecular weight excluding hydrogens is 316 g/mol. The summed E-state index contributed by atoms with van der Waals surface area (Å²) in [4.78, 5) is 25.3. The zero-order valence-electron chi connectivity index (χ0n) is 12.9. The number of carbonyl (C=O) groups excluding carboxylic acids is 2. The molecule has 122 valence electrons. The van der Waals surface area contributed by atoms with Crippen molar-refractivity contribution in [2.75, 3.05) is 18.5 Å². The molecule has 0 unspecified atom stereocenters. The molecule has 2 heterocycles. The van der Waals surface area contributed by atoms with E-state index < -0.39 is 5.79 Å². The van der Waals surface area contributed by atoms with Crippen molar-refractivity contribution in [2.45, 2.75) is 30.6 Å². The van der Waals surface area contributed by atoms with Gasteiger partial charge < -0.3 is 20.1 Å². The number of thioether (sulfide) groups is 1. The quantitative estimate of drug-likeness (QED) is 0.826. The van der Waals surface area contributed by atoms with Crippen molar-refractivity contribution < 1.29 is 19.1 Å². The Morgan fingerprint density at radius 1 is 1.48 bits per heavy atom. The third kappa shape index (κ3) is 3.93. The van der Waals surface area contributed by atoms with Crippen LogP contribution in [-0.2, 0) is 19.1 Å². The third-order valence-corrected chi connectivity index (χ3v) is 4.51. The molecule has 2 amide bonds. The number of para-hydroxylation sites is 1. The van der Waals surface area contributed by atoms with Crippen LogP contribution in [0.2, 0.25) is 0 Å². The molecular formula is C16H18N2O4S. The summed E-state index contributed by atoms with van der Waals surface area (Å²) >= 11 is 1.28. The number of carbonyl (C=O) groups is 2. The van der Waals surface area contributed by atoms with Crippen LogP contribution in [0.3, 0.4) is 0 Å². The molecule has 1 saturated heterocycles. The Morgan fingerprint density at radius 2 is 2.26 bits per heavy atom. The second-order valence-electron chi connectivity index (χ2n) is 5.76. The fraction of sp³-hybridized carbons (Fsp3) is 0.375. The number of hydrogen-bond donors (Lipinski definition) is 2. The minimum absolute atomic E-state index is 0.180. The van der Waals surface area contributed by atoms with Gasteiger partial charge in [-0.25, -0.2) is 0 Å². The normalized spacial score (nSPS) is 24.2. The van der Waals surface area contributed by atoms with Crippen LogP contribution in [0.1, 0.15) is 13.8 Å². The number of hydrogen-bond acceptors (Lipinski definition) is 5. The van der Waals surface area contributed by atoms with Crippen LogP contribution in [0.15, 0.2) is 40.1 Å². The molecule has 0 aromatic heterocycles. The summed E-state index contributed by atoms with van der Waals surface area (Å²) in [6, 6.07) is 7.47. The standard InChI is InChI=1S/C16H18N2O4S/c1-16(2)21-9-10(22-16)8-17-14(19)7-13-15(20)18-11-5-3-4-6-12(11)23-13/h3-7,10H,8-9H2,1-2H3,(H,17,19)(H,18,20)/b13-7-/t10-/m1/s1. The summed E-state index contributed by atoms with van der Waals surface area (Å²) in [6.45, 7) is 4.44. The summed E-state index contributed by atoms with van der Waals surface area (Å²) in [5.41, 5.74) is 0.763. The Hall–Kier alpha value is -1.83. The molecule has 1 aromatic rings. The van der Waals surface area contributed by atoms with E-state index in [-0.39, 0.29) is 17.9 Å². The van der Waals surface area contributed by atoms with Gasteiger partial charge in [0.25, 0.3) is 5.91 Å². The molecule has 2 aliphatic heterocycles. The van der Waals surface area contributed by atoms with Crippen molar-refractivity contribution in [1.29, 1.82) is 0 Å². The monoisotopic (exact) mass is 334 g/mol. The molecule has 0 spiro atoms. The minimum Gasteiger partial charge on any atom is -0.350 e. The average molecular weight is 334 g/mol. The van der Waals surface area contributed by atoms with E-state index in [9.17, 15) is 9.59 Å². The fourth-order valence-electron chi connectivity index (χ4n) is 2.35. The van der Waals surface area contributed by atoms with Crippen LogP contribution in [0, 0.1) is 0 Å². The highest BCUT2D eigenvalue weighted by Crippen LogP contribution is 2.37. The molecule has 2 aliphatic rings. The predicted molar refractivity (Wildman–Crippen MR) is 86.9 cm³/mol. The number of ether oxygens (including phenoxy) is 2. The lowest BCUT2D eigenvalue weighted by Crippen LogP contribution is -2.34. The molecule has 1 atom stereocenters. The second kappa shape index (κ2) is 6.35. The van der Waals surface area contributed by atoms with E-state index in [0.29, 0.717) is 18.1 Å². The Morgan fingerprint density at radius 3 is 3.00 bits per heavy atom. The zero-order chi connectivity index (χ0) is 16.4. The molecule has 1 aromatic carbocycles. The summed E-state index contributed by atoms with van der Waals surface area (Å²) in [5.74, 6) is -1.21. The van der Waals surface area contributed by atoms with Crippen molar-refractivity contribution in [3.05, 3.63) is 35.2 Å². The highest BCUT2D eigenvalue weighted by molar-refractivity contribution is 8.04. The first-order chi connectivity index (χ1) is 10.9. The first-order valence-electron chi connectivity index (χ1n) is 7.32. The summed E-state index contributed by atoms with van der Waals surface area (Å²) in [5, 5.41) is 5.51. The number of amides is 2. The molecule has 0 bridgehead atoms. The van der Waals surface area contributed by atoms with Gasteiger partial charge in [-0.05, 0) is 26.0 Å². The van der Waals surface area contributed by atoms with Crippen molar-refractivity contribution in [2.24, 2.45) is 0 Å². The largest absolute Gasteiger partial charge is 0.350 e. The van der Waals surface area contributed by atoms with E-state index in [0.717, 1.165) is 10.6 Å². The van der Waals surface area contributed by atoms with Crippen LogP contribution >= 0.6 is 11.8 Å². The van der Waals surface area contributed by atoms with Crippen LogP contribution < -0.4 is 10.6 Å². The van der Waals surface area contributed by atoms with E-state index in [1.165, 1.54) is 17.8 Å². The molecule has 6 nitrogen and oxygen atoms in total. The molecule has 0 aliphatic carbocycles. The Kier molecular flexibility index (Phi) is 4.43. The lowest BCUT2D eigenvalue weighted by molar-refractivity contribution is -0.139. The van der Waals surface area contributed by atoms with Crippen LogP contribution in [0.4, 0.5) is 5.69 Å². The number of nitrogens with one attached hydrogen (secondary N) is 2. The number of rotatable bonds is 3. The first-order valence-corrected chi connectivity index (χ1v) is 8.14. The third-order valence-electron chi connectivity index (χ3n) is 3.41. The number of benzene rings is 1. The van der Waals surface area contributed by atoms with Gasteiger partial charge >= 0.3 is 0 Å². The molecule has 3 rings (SSSR count). The van der Waals surface area contributed by atoms with Gasteiger partial charge in [0.2, 0.25) is 5.91 Å². The Labute approximate surface area is 138 Å². The van der Waals surface area contributed by atoms with Gasteiger partial charge in [-0.3, -0.25) is 9.59 Å². The summed E-state index contributed by atoms with van der Waals surface area (Å²) in [7, 11) is 0. The highest BCUT2D eigenvalue weighted by Gasteiger charge is 2.32. The lowest BCUT2D eigenvalue weighted by Gasteiger charge is -2.18. The van der Waals surface area contributed by atoms with E-state index in [2.05, 4.69) is 10.6 Å². The number of fused-ring (bicyclic) bond motifs is 1. The molecule has 0 saturated carbocycles. The van der Waals surface area contributed by atoms with Gasteiger partial charge in [0, 0.05) is 17.5 Å². The predicted octanol–water partition coefficient (Wildman–Crippen LogP) is 1.88. The second-order valence-corrected chi connectivity index (χ2v) is 6.84. The maximum absolute atomic E-state index is 12.0. The number of anilines is 1. The maximum atomic E-state index is 12.0. The SMILES string of the molecule is CC1(C)OC[C@@H](CNC(=O)/C=C2\Sc3ccccc3NC2=O)O1.